The van der Waals surface area contributed by atoms with Crippen LogP contribution < -0.4 is 31.9 Å². The molecule has 0 spiro atoms. The van der Waals surface area contributed by atoms with Gasteiger partial charge >= 0.3 is 0 Å². The second kappa shape index (κ2) is 16.8. The molecule has 3 aromatic heterocycles. The van der Waals surface area contributed by atoms with E-state index in [2.05, 4.69) is 93.1 Å². The van der Waals surface area contributed by atoms with Gasteiger partial charge in [0, 0.05) is 152 Å². The van der Waals surface area contributed by atoms with Crippen LogP contribution in [0.2, 0.25) is 0 Å². The highest BCUT2D eigenvalue weighted by Gasteiger charge is 2.09. The van der Waals surface area contributed by atoms with Gasteiger partial charge in [-0.25, -0.2) is 0 Å². The minimum atomic E-state index is 0.864. The summed E-state index contributed by atoms with van der Waals surface area (Å²) in [6.07, 6.45) is 0. The molecule has 6 rings (SSSR count). The Bertz CT molecular complexity index is 901. The van der Waals surface area contributed by atoms with E-state index in [1.165, 1.54) is 34.2 Å². The van der Waals surface area contributed by atoms with Crippen molar-refractivity contribution in [2.75, 3.05) is 78.5 Å². The minimum absolute atomic E-state index is 0.864. The molecule has 226 valence electrons. The second-order valence-electron chi connectivity index (χ2n) is 11.3. The zero-order chi connectivity index (χ0) is 28.0. The summed E-state index contributed by atoms with van der Waals surface area (Å²) in [5, 5.41) is 21.9. The van der Waals surface area contributed by atoms with Crippen molar-refractivity contribution in [2.45, 2.75) is 39.3 Å². The Morgan fingerprint density at radius 1 is 0.317 bits per heavy atom. The van der Waals surface area contributed by atoms with Crippen LogP contribution in [0.4, 0.5) is 0 Å². The maximum Gasteiger partial charge on any atom is 0.0357 e. The number of aromatic nitrogens is 3. The van der Waals surface area contributed by atoms with E-state index < -0.39 is 0 Å². The van der Waals surface area contributed by atoms with Crippen molar-refractivity contribution >= 4 is 0 Å². The molecule has 0 saturated carbocycles. The van der Waals surface area contributed by atoms with Gasteiger partial charge in [0.25, 0.3) is 0 Å². The van der Waals surface area contributed by atoms with Crippen molar-refractivity contribution in [3.05, 3.63) is 70.6 Å². The van der Waals surface area contributed by atoms with Crippen molar-refractivity contribution in [3.63, 3.8) is 0 Å². The summed E-state index contributed by atoms with van der Waals surface area (Å²) in [4.78, 5) is 15.9. The Morgan fingerprint density at radius 2 is 0.512 bits per heavy atom. The number of nitrogens with zero attached hydrogens (tertiary/aromatic N) is 2. The van der Waals surface area contributed by atoms with Gasteiger partial charge in [-0.3, -0.25) is 9.80 Å². The maximum absolute atomic E-state index is 3.64. The van der Waals surface area contributed by atoms with Gasteiger partial charge in [0.05, 0.1) is 0 Å². The quantitative estimate of drug-likeness (QED) is 0.190. The van der Waals surface area contributed by atoms with Crippen molar-refractivity contribution in [1.82, 2.24) is 56.7 Å². The highest BCUT2D eigenvalue weighted by Crippen LogP contribution is 2.04. The van der Waals surface area contributed by atoms with Crippen LogP contribution >= 0.6 is 0 Å². The fourth-order valence-electron chi connectivity index (χ4n) is 5.52. The number of hydrogen-bond donors (Lipinski definition) is 9. The molecule has 0 radical (unpaired) electrons. The molecule has 6 heterocycles. The number of rotatable bonds is 0. The molecule has 11 heteroatoms. The molecular formula is C30H51N11. The average molecular weight is 566 g/mol. The molecule has 0 aromatic carbocycles. The largest absolute Gasteiger partial charge is 0.360 e. The zero-order valence-electron chi connectivity index (χ0n) is 24.6. The fraction of sp³-hybridized carbons (Fsp3) is 0.600. The SMILES string of the molecule is c1cc2[nH]c1CNCCN1CCNCc3ccc([nH]3)CNCCN(CCNC2)CCNCc2ccc([nH]2)CNCC1. The number of nitrogens with one attached hydrogen (secondary N) is 9. The number of fused-ring (bicyclic) bond motifs is 18. The molecule has 41 heavy (non-hydrogen) atoms. The van der Waals surface area contributed by atoms with Gasteiger partial charge in [-0.1, -0.05) is 0 Å². The lowest BCUT2D eigenvalue weighted by Gasteiger charge is -2.23. The summed E-state index contributed by atoms with van der Waals surface area (Å²) in [5.74, 6) is 0. The van der Waals surface area contributed by atoms with Crippen LogP contribution in [-0.2, 0) is 39.3 Å². The lowest BCUT2D eigenvalue weighted by molar-refractivity contribution is 0.270. The lowest BCUT2D eigenvalue weighted by Crippen LogP contribution is -2.40. The number of hydrogen-bond acceptors (Lipinski definition) is 8. The first kappa shape index (κ1) is 30.0. The van der Waals surface area contributed by atoms with Gasteiger partial charge in [-0.2, -0.15) is 0 Å². The van der Waals surface area contributed by atoms with E-state index in [1.807, 2.05) is 0 Å². The van der Waals surface area contributed by atoms with Crippen molar-refractivity contribution < 1.29 is 0 Å². The van der Waals surface area contributed by atoms with E-state index in [-0.39, 0.29) is 0 Å². The number of H-pyrrole nitrogens is 3. The molecule has 8 bridgehead atoms. The molecule has 0 amide bonds. The topological polar surface area (TPSA) is 126 Å². The molecule has 3 aliphatic rings. The van der Waals surface area contributed by atoms with Crippen molar-refractivity contribution in [2.24, 2.45) is 0 Å². The van der Waals surface area contributed by atoms with E-state index in [4.69, 9.17) is 0 Å². The zero-order valence-corrected chi connectivity index (χ0v) is 24.6. The van der Waals surface area contributed by atoms with E-state index in [9.17, 15) is 0 Å². The Balaban J connectivity index is 1.26. The first-order valence-electron chi connectivity index (χ1n) is 15.5. The smallest absolute Gasteiger partial charge is 0.0357 e. The van der Waals surface area contributed by atoms with Crippen LogP contribution in [0.3, 0.4) is 0 Å². The summed E-state index contributed by atoms with van der Waals surface area (Å²) in [6.45, 7) is 17.1. The average Bonchev–Trinajstić information content (AvgIpc) is 3.74. The predicted octanol–water partition coefficient (Wildman–Crippen LogP) is 0.240. The summed E-state index contributed by atoms with van der Waals surface area (Å²) in [7, 11) is 0. The van der Waals surface area contributed by atoms with Gasteiger partial charge in [0.1, 0.15) is 0 Å². The molecule has 3 aliphatic heterocycles. The molecule has 0 aliphatic carbocycles. The standard InChI is InChI=1S/C30H51N11/c1-2-26-20-32-8-14-41-17-11-35-23-29-5-3-27(38-29)21-33-9-15-40(13-7-31-19-25(1)37-26)16-10-34-22-28-4-6-30(39-28)24-36-12-18-41/h1-6,31-39H,7-24H2. The fourth-order valence-corrected chi connectivity index (χ4v) is 5.52. The van der Waals surface area contributed by atoms with Gasteiger partial charge in [0.2, 0.25) is 0 Å². The van der Waals surface area contributed by atoms with Gasteiger partial charge in [-0.15, -0.1) is 0 Å². The molecule has 0 unspecified atom stereocenters. The first-order chi connectivity index (χ1) is 20.3. The Hall–Kier alpha value is -2.48. The number of aromatic amines is 3. The van der Waals surface area contributed by atoms with Crippen LogP contribution in [0.15, 0.2) is 36.4 Å². The van der Waals surface area contributed by atoms with Crippen LogP contribution in [0.5, 0.6) is 0 Å². The summed E-state index contributed by atoms with van der Waals surface area (Å²) in [5.41, 5.74) is 7.47. The Morgan fingerprint density at radius 3 is 0.707 bits per heavy atom. The Kier molecular flexibility index (Phi) is 12.3. The molecule has 0 saturated heterocycles. The maximum atomic E-state index is 3.64. The highest BCUT2D eigenvalue weighted by atomic mass is 15.2. The molecule has 0 fully saturated rings. The molecule has 11 nitrogen and oxygen atoms in total. The minimum Gasteiger partial charge on any atom is -0.360 e. The summed E-state index contributed by atoms with van der Waals surface area (Å²) >= 11 is 0. The van der Waals surface area contributed by atoms with Crippen molar-refractivity contribution in [1.29, 1.82) is 0 Å². The molecule has 0 atom stereocenters. The molecule has 3 aromatic rings. The first-order valence-corrected chi connectivity index (χ1v) is 15.5. The van der Waals surface area contributed by atoms with Crippen molar-refractivity contribution in [3.8, 4) is 0 Å². The van der Waals surface area contributed by atoms with Crippen LogP contribution in [0, 0.1) is 0 Å². The second-order valence-corrected chi connectivity index (χ2v) is 11.3. The normalized spacial score (nSPS) is 23.7. The van der Waals surface area contributed by atoms with E-state index in [0.717, 1.165) is 118 Å². The predicted molar refractivity (Wildman–Crippen MR) is 165 cm³/mol. The molecule has 9 N–H and O–H groups in total. The van der Waals surface area contributed by atoms with Crippen LogP contribution in [-0.4, -0.2) is 103 Å². The Labute approximate surface area is 245 Å². The third-order valence-electron chi connectivity index (χ3n) is 7.94. The third kappa shape index (κ3) is 10.7. The van der Waals surface area contributed by atoms with Crippen LogP contribution in [0.1, 0.15) is 34.2 Å². The van der Waals surface area contributed by atoms with E-state index in [1.54, 1.807) is 0 Å². The van der Waals surface area contributed by atoms with E-state index in [0.29, 0.717) is 0 Å². The van der Waals surface area contributed by atoms with Gasteiger partial charge < -0.3 is 46.9 Å². The van der Waals surface area contributed by atoms with E-state index >= 15 is 0 Å². The van der Waals surface area contributed by atoms with Crippen LogP contribution in [0.25, 0.3) is 0 Å². The summed E-state index contributed by atoms with van der Waals surface area (Å²) in [6, 6.07) is 13.2. The monoisotopic (exact) mass is 565 g/mol. The highest BCUT2D eigenvalue weighted by molar-refractivity contribution is 5.14. The summed E-state index contributed by atoms with van der Waals surface area (Å²) < 4.78 is 0. The third-order valence-corrected chi connectivity index (χ3v) is 7.94. The lowest BCUT2D eigenvalue weighted by atomic mass is 10.3. The molecular weight excluding hydrogens is 514 g/mol. The van der Waals surface area contributed by atoms with Gasteiger partial charge in [-0.05, 0) is 36.4 Å². The van der Waals surface area contributed by atoms with Gasteiger partial charge in [0.15, 0.2) is 0 Å².